The zero-order valence-corrected chi connectivity index (χ0v) is 21.1. The summed E-state index contributed by atoms with van der Waals surface area (Å²) in [6, 6.07) is 15.1. The number of hydrogen-bond donors (Lipinski definition) is 1. The van der Waals surface area contributed by atoms with E-state index in [2.05, 4.69) is 5.32 Å². The SMILES string of the molecule is CCC(C)NC(=O)C(C)N(CCc1ccccc1)C(=O)CN(c1cccc(Cl)c1)S(C)(=O)=O. The molecule has 2 amide bonds. The van der Waals surface area contributed by atoms with E-state index in [1.54, 1.807) is 25.1 Å². The molecule has 2 aromatic carbocycles. The highest BCUT2D eigenvalue weighted by Gasteiger charge is 2.30. The van der Waals surface area contributed by atoms with Crippen LogP contribution >= 0.6 is 11.6 Å². The van der Waals surface area contributed by atoms with Gasteiger partial charge >= 0.3 is 0 Å². The predicted octanol–water partition coefficient (Wildman–Crippen LogP) is 3.48. The Morgan fingerprint density at radius 2 is 1.73 bits per heavy atom. The van der Waals surface area contributed by atoms with Crippen molar-refractivity contribution in [2.24, 2.45) is 0 Å². The number of rotatable bonds is 11. The fourth-order valence-electron chi connectivity index (χ4n) is 3.28. The van der Waals surface area contributed by atoms with Gasteiger partial charge in [0.15, 0.2) is 0 Å². The minimum Gasteiger partial charge on any atom is -0.352 e. The zero-order valence-electron chi connectivity index (χ0n) is 19.5. The third-order valence-corrected chi connectivity index (χ3v) is 6.80. The minimum absolute atomic E-state index is 0.0370. The molecule has 0 spiro atoms. The molecule has 33 heavy (non-hydrogen) atoms. The molecular formula is C24H32ClN3O4S. The van der Waals surface area contributed by atoms with E-state index < -0.39 is 28.5 Å². The molecule has 1 N–H and O–H groups in total. The second-order valence-corrected chi connectivity index (χ2v) is 10.4. The highest BCUT2D eigenvalue weighted by molar-refractivity contribution is 7.92. The van der Waals surface area contributed by atoms with E-state index in [1.807, 2.05) is 44.2 Å². The normalized spacial score (nSPS) is 13.1. The summed E-state index contributed by atoms with van der Waals surface area (Å²) < 4.78 is 26.0. The molecule has 2 unspecified atom stereocenters. The lowest BCUT2D eigenvalue weighted by atomic mass is 10.1. The molecule has 0 aliphatic carbocycles. The zero-order chi connectivity index (χ0) is 24.6. The molecule has 0 bridgehead atoms. The molecule has 0 radical (unpaired) electrons. The summed E-state index contributed by atoms with van der Waals surface area (Å²) in [7, 11) is -3.77. The van der Waals surface area contributed by atoms with Crippen LogP contribution in [0.25, 0.3) is 0 Å². The summed E-state index contributed by atoms with van der Waals surface area (Å²) in [4.78, 5) is 27.6. The highest BCUT2D eigenvalue weighted by atomic mass is 35.5. The molecule has 9 heteroatoms. The maximum atomic E-state index is 13.4. The molecule has 0 heterocycles. The van der Waals surface area contributed by atoms with E-state index in [-0.39, 0.29) is 24.2 Å². The molecule has 0 fully saturated rings. The van der Waals surface area contributed by atoms with Crippen LogP contribution in [-0.2, 0) is 26.0 Å². The van der Waals surface area contributed by atoms with Gasteiger partial charge in [0, 0.05) is 17.6 Å². The summed E-state index contributed by atoms with van der Waals surface area (Å²) in [6.45, 7) is 5.35. The van der Waals surface area contributed by atoms with Gasteiger partial charge in [0.2, 0.25) is 21.8 Å². The van der Waals surface area contributed by atoms with Crippen molar-refractivity contribution in [3.8, 4) is 0 Å². The van der Waals surface area contributed by atoms with Gasteiger partial charge in [-0.3, -0.25) is 13.9 Å². The van der Waals surface area contributed by atoms with E-state index in [1.165, 1.54) is 11.0 Å². The second kappa shape index (κ2) is 12.0. The number of halogens is 1. The fraction of sp³-hybridized carbons (Fsp3) is 0.417. The Labute approximate surface area is 201 Å². The summed E-state index contributed by atoms with van der Waals surface area (Å²) >= 11 is 6.04. The third-order valence-electron chi connectivity index (χ3n) is 5.43. The van der Waals surface area contributed by atoms with Crippen LogP contribution in [-0.4, -0.2) is 56.6 Å². The number of anilines is 1. The molecule has 180 valence electrons. The number of hydrogen-bond acceptors (Lipinski definition) is 4. The number of carbonyl (C=O) groups is 2. The maximum absolute atomic E-state index is 13.4. The van der Waals surface area contributed by atoms with Gasteiger partial charge in [-0.1, -0.05) is 54.9 Å². The van der Waals surface area contributed by atoms with Crippen LogP contribution in [0.1, 0.15) is 32.8 Å². The number of sulfonamides is 1. The average Bonchev–Trinajstić information content (AvgIpc) is 2.77. The first-order valence-electron chi connectivity index (χ1n) is 10.9. The van der Waals surface area contributed by atoms with Crippen LogP contribution in [0.2, 0.25) is 5.02 Å². The lowest BCUT2D eigenvalue weighted by molar-refractivity contribution is -0.139. The largest absolute Gasteiger partial charge is 0.352 e. The van der Waals surface area contributed by atoms with Crippen LogP contribution in [0.15, 0.2) is 54.6 Å². The van der Waals surface area contributed by atoms with Gasteiger partial charge in [0.05, 0.1) is 11.9 Å². The van der Waals surface area contributed by atoms with Crippen molar-refractivity contribution in [3.05, 3.63) is 65.2 Å². The molecule has 2 aromatic rings. The minimum atomic E-state index is -3.77. The molecule has 0 saturated heterocycles. The van der Waals surface area contributed by atoms with Gasteiger partial charge in [-0.05, 0) is 50.5 Å². The summed E-state index contributed by atoms with van der Waals surface area (Å²) in [5.74, 6) is -0.748. The standard InChI is InChI=1S/C24H32ClN3O4S/c1-5-18(2)26-24(30)19(3)27(15-14-20-10-7-6-8-11-20)23(29)17-28(33(4,31)32)22-13-9-12-21(25)16-22/h6-13,16,18-19H,5,14-15,17H2,1-4H3,(H,26,30). The molecule has 0 aliphatic rings. The van der Waals surface area contributed by atoms with Crippen LogP contribution in [0.4, 0.5) is 5.69 Å². The van der Waals surface area contributed by atoms with Gasteiger partial charge in [0.25, 0.3) is 0 Å². The Bertz CT molecular complexity index is 1050. The molecule has 0 aromatic heterocycles. The third kappa shape index (κ3) is 8.05. The van der Waals surface area contributed by atoms with E-state index >= 15 is 0 Å². The van der Waals surface area contributed by atoms with Gasteiger partial charge in [-0.2, -0.15) is 0 Å². The molecule has 0 aliphatic heterocycles. The first-order valence-corrected chi connectivity index (χ1v) is 13.1. The van der Waals surface area contributed by atoms with Gasteiger partial charge in [0.1, 0.15) is 12.6 Å². The molecule has 2 rings (SSSR count). The lowest BCUT2D eigenvalue weighted by Gasteiger charge is -2.32. The quantitative estimate of drug-likeness (QED) is 0.519. The second-order valence-electron chi connectivity index (χ2n) is 8.07. The van der Waals surface area contributed by atoms with Crippen molar-refractivity contribution in [2.45, 2.75) is 45.7 Å². The number of amides is 2. The van der Waals surface area contributed by atoms with Crippen LogP contribution in [0, 0.1) is 0 Å². The van der Waals surface area contributed by atoms with Crippen LogP contribution in [0.5, 0.6) is 0 Å². The Kier molecular flexibility index (Phi) is 9.73. The molecule has 7 nitrogen and oxygen atoms in total. The van der Waals surface area contributed by atoms with E-state index in [9.17, 15) is 18.0 Å². The first kappa shape index (κ1) is 26.7. The smallest absolute Gasteiger partial charge is 0.244 e. The van der Waals surface area contributed by atoms with Gasteiger partial charge < -0.3 is 10.2 Å². The summed E-state index contributed by atoms with van der Waals surface area (Å²) in [5, 5.41) is 3.26. The van der Waals surface area contributed by atoms with Crippen LogP contribution in [0.3, 0.4) is 0 Å². The number of nitrogens with zero attached hydrogens (tertiary/aromatic N) is 2. The van der Waals surface area contributed by atoms with E-state index in [0.717, 1.165) is 22.5 Å². The summed E-state index contributed by atoms with van der Waals surface area (Å²) in [6.07, 6.45) is 2.32. The van der Waals surface area contributed by atoms with E-state index in [0.29, 0.717) is 11.4 Å². The first-order chi connectivity index (χ1) is 15.5. The predicted molar refractivity (Wildman–Crippen MR) is 133 cm³/mol. The number of benzene rings is 2. The topological polar surface area (TPSA) is 86.8 Å². The summed E-state index contributed by atoms with van der Waals surface area (Å²) in [5.41, 5.74) is 1.30. The average molecular weight is 494 g/mol. The fourth-order valence-corrected chi connectivity index (χ4v) is 4.31. The van der Waals surface area contributed by atoms with Crippen LogP contribution < -0.4 is 9.62 Å². The Morgan fingerprint density at radius 1 is 1.06 bits per heavy atom. The molecular weight excluding hydrogens is 462 g/mol. The van der Waals surface area contributed by atoms with Crippen molar-refractivity contribution in [1.82, 2.24) is 10.2 Å². The van der Waals surface area contributed by atoms with Crippen molar-refractivity contribution < 1.29 is 18.0 Å². The van der Waals surface area contributed by atoms with Gasteiger partial charge in [-0.15, -0.1) is 0 Å². The highest BCUT2D eigenvalue weighted by Crippen LogP contribution is 2.22. The van der Waals surface area contributed by atoms with Crippen molar-refractivity contribution in [3.63, 3.8) is 0 Å². The Balaban J connectivity index is 2.30. The van der Waals surface area contributed by atoms with Crippen molar-refractivity contribution >= 4 is 39.1 Å². The molecule has 0 saturated carbocycles. The van der Waals surface area contributed by atoms with Crippen molar-refractivity contribution in [2.75, 3.05) is 23.7 Å². The van der Waals surface area contributed by atoms with E-state index in [4.69, 9.17) is 11.6 Å². The number of nitrogens with one attached hydrogen (secondary N) is 1. The molecule has 2 atom stereocenters. The maximum Gasteiger partial charge on any atom is 0.244 e. The van der Waals surface area contributed by atoms with Crippen molar-refractivity contribution in [1.29, 1.82) is 0 Å². The lowest BCUT2D eigenvalue weighted by Crippen LogP contribution is -2.53. The Morgan fingerprint density at radius 3 is 2.30 bits per heavy atom. The van der Waals surface area contributed by atoms with Gasteiger partial charge in [-0.25, -0.2) is 8.42 Å². The Hall–Kier alpha value is -2.58. The number of carbonyl (C=O) groups excluding carboxylic acids is 2. The monoisotopic (exact) mass is 493 g/mol.